The zero-order valence-corrected chi connectivity index (χ0v) is 22.6. The maximum absolute atomic E-state index is 13.1. The number of halogens is 1. The topological polar surface area (TPSA) is 126 Å². The third kappa shape index (κ3) is 4.62. The van der Waals surface area contributed by atoms with Crippen LogP contribution in [0.4, 0.5) is 4.79 Å². The number of fused-ring (bicyclic) bond motifs is 6. The van der Waals surface area contributed by atoms with Crippen LogP contribution >= 0.6 is 46.5 Å². The van der Waals surface area contributed by atoms with Gasteiger partial charge in [-0.25, -0.2) is 0 Å². The first-order valence-electron chi connectivity index (χ1n) is 12.0. The molecule has 2 aliphatic carbocycles. The lowest BCUT2D eigenvalue weighted by molar-refractivity contribution is -0.130. The number of nitrogens with zero attached hydrogens (tertiary/aromatic N) is 1. The lowest BCUT2D eigenvalue weighted by atomic mass is 9.75. The van der Waals surface area contributed by atoms with E-state index in [1.54, 1.807) is 11.8 Å². The Labute approximate surface area is 229 Å². The number of thioether (sulfide) groups is 2. The number of thiazole rings is 1. The van der Waals surface area contributed by atoms with Crippen molar-refractivity contribution in [3.8, 4) is 0 Å². The van der Waals surface area contributed by atoms with Crippen LogP contribution in [-0.4, -0.2) is 38.0 Å². The first-order chi connectivity index (χ1) is 17.8. The van der Waals surface area contributed by atoms with E-state index in [-0.39, 0.29) is 23.8 Å². The van der Waals surface area contributed by atoms with E-state index in [9.17, 15) is 24.0 Å². The van der Waals surface area contributed by atoms with Gasteiger partial charge in [0.05, 0.1) is 5.03 Å². The van der Waals surface area contributed by atoms with Gasteiger partial charge in [0, 0.05) is 27.5 Å². The van der Waals surface area contributed by atoms with Gasteiger partial charge in [0.2, 0.25) is 11.8 Å². The van der Waals surface area contributed by atoms with Crippen molar-refractivity contribution >= 4 is 69.4 Å². The molecule has 6 atom stereocenters. The van der Waals surface area contributed by atoms with E-state index in [2.05, 4.69) is 16.2 Å². The fourth-order valence-electron chi connectivity index (χ4n) is 6.20. The number of nitrogens with one attached hydrogen (secondary N) is 3. The summed E-state index contributed by atoms with van der Waals surface area (Å²) in [5.74, 6) is 0.113. The number of aromatic nitrogens is 1. The molecule has 194 valence electrons. The lowest BCUT2D eigenvalue weighted by Crippen LogP contribution is -2.45. The molecular formula is C24H23ClN4O5S3. The van der Waals surface area contributed by atoms with Crippen molar-refractivity contribution in [1.82, 2.24) is 20.7 Å². The molecule has 9 nitrogen and oxygen atoms in total. The molecule has 2 bridgehead atoms. The molecule has 3 fully saturated rings. The summed E-state index contributed by atoms with van der Waals surface area (Å²) in [4.78, 5) is 61.7. The lowest BCUT2D eigenvalue weighted by Gasteiger charge is -2.40. The van der Waals surface area contributed by atoms with E-state index in [0.29, 0.717) is 28.0 Å². The van der Waals surface area contributed by atoms with Crippen LogP contribution < -0.4 is 21.0 Å². The van der Waals surface area contributed by atoms with Gasteiger partial charge in [-0.3, -0.25) is 44.7 Å². The number of carbonyl (C=O) groups excluding carboxylic acids is 4. The Morgan fingerprint density at radius 1 is 1.03 bits per heavy atom. The molecule has 0 radical (unpaired) electrons. The summed E-state index contributed by atoms with van der Waals surface area (Å²) in [5.41, 5.74) is 5.76. The average molecular weight is 579 g/mol. The zero-order chi connectivity index (χ0) is 25.8. The molecule has 2 aromatic rings. The number of imide groups is 1. The Morgan fingerprint density at radius 3 is 2.49 bits per heavy atom. The molecule has 4 amide bonds. The Kier molecular flexibility index (Phi) is 6.62. The Hall–Kier alpha value is -2.28. The molecular weight excluding hydrogens is 556 g/mol. The highest BCUT2D eigenvalue weighted by atomic mass is 35.5. The molecule has 1 aromatic heterocycles. The van der Waals surface area contributed by atoms with Crippen molar-refractivity contribution in [2.24, 2.45) is 17.8 Å². The van der Waals surface area contributed by atoms with Gasteiger partial charge < -0.3 is 0 Å². The molecule has 37 heavy (non-hydrogen) atoms. The molecule has 2 saturated carbocycles. The standard InChI is InChI=1S/C24H23ClN4O5S3/c25-13-5-3-10(4-6-13)17-18-11-1-2-12(7-11)19(18)36-22-20(17)37-24(34)29(22)9-16(31)28-27-15(30)8-14-21(32)26-23(33)35-14/h3-6,11-12,14,17-19H,1-2,7-9H2,(H,27,30)(H,28,31)(H,26,32,33)/t11-,12-,14+,17-,18-,19+/m1/s1. The molecule has 0 unspecified atom stereocenters. The van der Waals surface area contributed by atoms with E-state index in [1.165, 1.54) is 35.2 Å². The van der Waals surface area contributed by atoms with E-state index in [0.717, 1.165) is 27.2 Å². The van der Waals surface area contributed by atoms with Crippen molar-refractivity contribution in [3.63, 3.8) is 0 Å². The second kappa shape index (κ2) is 9.79. The molecule has 1 saturated heterocycles. The summed E-state index contributed by atoms with van der Waals surface area (Å²) in [6.45, 7) is -0.228. The van der Waals surface area contributed by atoms with Gasteiger partial charge in [-0.2, -0.15) is 0 Å². The van der Waals surface area contributed by atoms with E-state index >= 15 is 0 Å². The summed E-state index contributed by atoms with van der Waals surface area (Å²) < 4.78 is 1.51. The van der Waals surface area contributed by atoms with E-state index in [4.69, 9.17) is 11.6 Å². The van der Waals surface area contributed by atoms with Crippen LogP contribution in [0.1, 0.15) is 42.0 Å². The highest BCUT2D eigenvalue weighted by molar-refractivity contribution is 8.15. The fourth-order valence-corrected chi connectivity index (χ4v) is 10.3. The van der Waals surface area contributed by atoms with Crippen LogP contribution in [0.15, 0.2) is 34.1 Å². The molecule has 3 N–H and O–H groups in total. The van der Waals surface area contributed by atoms with Gasteiger partial charge in [-0.1, -0.05) is 46.8 Å². The average Bonchev–Trinajstić information content (AvgIpc) is 3.62. The Morgan fingerprint density at radius 2 is 1.76 bits per heavy atom. The fraction of sp³-hybridized carbons (Fsp3) is 0.458. The predicted molar refractivity (Wildman–Crippen MR) is 142 cm³/mol. The van der Waals surface area contributed by atoms with Gasteiger partial charge in [0.25, 0.3) is 11.1 Å². The molecule has 3 heterocycles. The largest absolute Gasteiger partial charge is 0.308 e. The monoisotopic (exact) mass is 578 g/mol. The van der Waals surface area contributed by atoms with Gasteiger partial charge in [-0.15, -0.1) is 11.8 Å². The number of hydrazine groups is 1. The number of amides is 4. The minimum absolute atomic E-state index is 0.0910. The third-order valence-electron chi connectivity index (χ3n) is 7.70. The van der Waals surface area contributed by atoms with Crippen LogP contribution in [-0.2, 0) is 20.9 Å². The van der Waals surface area contributed by atoms with Gasteiger partial charge in [0.1, 0.15) is 11.8 Å². The summed E-state index contributed by atoms with van der Waals surface area (Å²) in [7, 11) is 0. The maximum Gasteiger partial charge on any atom is 0.308 e. The van der Waals surface area contributed by atoms with Crippen LogP contribution in [0.2, 0.25) is 5.02 Å². The zero-order valence-electron chi connectivity index (χ0n) is 19.4. The normalized spacial score (nSPS) is 29.5. The van der Waals surface area contributed by atoms with E-state index in [1.807, 2.05) is 24.3 Å². The van der Waals surface area contributed by atoms with Crippen molar-refractivity contribution in [1.29, 1.82) is 0 Å². The maximum atomic E-state index is 13.1. The second-order valence-corrected chi connectivity index (χ2v) is 13.6. The van der Waals surface area contributed by atoms with Gasteiger partial charge in [0.15, 0.2) is 0 Å². The van der Waals surface area contributed by atoms with Crippen molar-refractivity contribution in [2.75, 3.05) is 0 Å². The summed E-state index contributed by atoms with van der Waals surface area (Å²) in [6.07, 6.45) is 3.38. The molecule has 0 spiro atoms. The van der Waals surface area contributed by atoms with Crippen molar-refractivity contribution in [2.45, 2.75) is 53.7 Å². The van der Waals surface area contributed by atoms with Crippen LogP contribution in [0.25, 0.3) is 0 Å². The number of hydrogen-bond acceptors (Lipinski definition) is 8. The molecule has 13 heteroatoms. The number of hydrogen-bond donors (Lipinski definition) is 3. The molecule has 1 aromatic carbocycles. The SMILES string of the molecule is O=C(C[C@@H]1SC(=O)NC1=O)NNC(=O)Cn1c2c(sc1=O)[C@H](c1ccc(Cl)cc1)[C@H]1[C@@H]3CC[C@H](C3)[C@@H]1S2. The van der Waals surface area contributed by atoms with Gasteiger partial charge in [-0.05, 0) is 54.7 Å². The minimum Gasteiger partial charge on any atom is -0.286 e. The summed E-state index contributed by atoms with van der Waals surface area (Å²) in [6, 6.07) is 7.87. The van der Waals surface area contributed by atoms with Crippen molar-refractivity contribution in [3.05, 3.63) is 49.4 Å². The quantitative estimate of drug-likeness (QED) is 0.465. The molecule has 2 aliphatic heterocycles. The number of carbonyl (C=O) groups is 4. The Bertz CT molecular complexity index is 1360. The highest BCUT2D eigenvalue weighted by Gasteiger charge is 2.55. The van der Waals surface area contributed by atoms with E-state index < -0.39 is 28.2 Å². The Balaban J connectivity index is 1.20. The molecule has 4 aliphatic rings. The minimum atomic E-state index is -0.827. The first kappa shape index (κ1) is 25.0. The number of rotatable bonds is 5. The first-order valence-corrected chi connectivity index (χ1v) is 15.0. The highest BCUT2D eigenvalue weighted by Crippen LogP contribution is 2.64. The van der Waals surface area contributed by atoms with Gasteiger partial charge >= 0.3 is 4.87 Å². The third-order valence-corrected chi connectivity index (χ3v) is 11.8. The molecule has 6 rings (SSSR count). The van der Waals surface area contributed by atoms with Crippen LogP contribution in [0.5, 0.6) is 0 Å². The van der Waals surface area contributed by atoms with Crippen molar-refractivity contribution < 1.29 is 19.2 Å². The summed E-state index contributed by atoms with van der Waals surface area (Å²) in [5, 5.41) is 2.69. The van der Waals surface area contributed by atoms with Crippen LogP contribution in [0.3, 0.4) is 0 Å². The predicted octanol–water partition coefficient (Wildman–Crippen LogP) is 3.10. The summed E-state index contributed by atoms with van der Waals surface area (Å²) >= 11 is 9.82. The second-order valence-electron chi connectivity index (χ2n) is 9.83. The smallest absolute Gasteiger partial charge is 0.286 e. The van der Waals surface area contributed by atoms with Crippen LogP contribution in [0, 0.1) is 17.8 Å². The number of benzene rings is 1.